The molecule has 0 saturated carbocycles. The summed E-state index contributed by atoms with van der Waals surface area (Å²) in [5.41, 5.74) is 1.51. The maximum atomic E-state index is 10.8. The molecule has 0 aromatic carbocycles. The van der Waals surface area contributed by atoms with Crippen LogP contribution in [0.4, 0.5) is 0 Å². The average molecular weight is 171 g/mol. The Balaban J connectivity index is 0. The Bertz CT molecular complexity index is 179. The summed E-state index contributed by atoms with van der Waals surface area (Å²) in [6.45, 7) is 9.31. The molecule has 0 aliphatic carbocycles. The van der Waals surface area contributed by atoms with Gasteiger partial charge in [-0.2, -0.15) is 0 Å². The summed E-state index contributed by atoms with van der Waals surface area (Å²) < 4.78 is 0. The molecule has 0 heterocycles. The molecule has 0 spiro atoms. The van der Waals surface area contributed by atoms with Crippen molar-refractivity contribution in [3.05, 3.63) is 11.1 Å². The molecule has 2 amide bonds. The van der Waals surface area contributed by atoms with Crippen molar-refractivity contribution in [2.45, 2.75) is 34.6 Å². The van der Waals surface area contributed by atoms with Gasteiger partial charge in [0.05, 0.1) is 0 Å². The normalized spacial score (nSPS) is 7.42. The minimum Gasteiger partial charge on any atom is -0.295 e. The maximum absolute atomic E-state index is 10.8. The summed E-state index contributed by atoms with van der Waals surface area (Å²) in [4.78, 5) is 20.6. The van der Waals surface area contributed by atoms with E-state index in [1.807, 2.05) is 33.0 Å². The second kappa shape index (κ2) is 7.98. The van der Waals surface area contributed by atoms with Gasteiger partial charge in [-0.15, -0.1) is 0 Å². The van der Waals surface area contributed by atoms with E-state index < -0.39 is 0 Å². The number of rotatable bonds is 2. The van der Waals surface area contributed by atoms with E-state index >= 15 is 0 Å². The molecule has 12 heavy (non-hydrogen) atoms. The molecule has 0 radical (unpaired) electrons. The van der Waals surface area contributed by atoms with E-state index in [0.717, 1.165) is 5.57 Å². The second-order valence-corrected chi connectivity index (χ2v) is 2.22. The Morgan fingerprint density at radius 1 is 1.17 bits per heavy atom. The lowest BCUT2D eigenvalue weighted by molar-refractivity contribution is -0.122. The summed E-state index contributed by atoms with van der Waals surface area (Å²) in [5, 5.41) is 2.05. The Labute approximate surface area is 73.8 Å². The van der Waals surface area contributed by atoms with Crippen molar-refractivity contribution in [2.24, 2.45) is 0 Å². The van der Waals surface area contributed by atoms with E-state index in [9.17, 15) is 9.59 Å². The zero-order valence-corrected chi connectivity index (χ0v) is 8.39. The van der Waals surface area contributed by atoms with Gasteiger partial charge in [0.2, 0.25) is 6.41 Å². The van der Waals surface area contributed by atoms with Crippen LogP contribution in [0.1, 0.15) is 34.6 Å². The van der Waals surface area contributed by atoms with E-state index in [1.165, 1.54) is 0 Å². The third kappa shape index (κ3) is 5.65. The van der Waals surface area contributed by atoms with E-state index in [1.54, 1.807) is 6.92 Å². The van der Waals surface area contributed by atoms with Gasteiger partial charge >= 0.3 is 0 Å². The number of allylic oxidation sites excluding steroid dienone is 1. The molecule has 0 saturated heterocycles. The van der Waals surface area contributed by atoms with Gasteiger partial charge in [-0.05, 0) is 20.8 Å². The van der Waals surface area contributed by atoms with Crippen molar-refractivity contribution >= 4 is 12.3 Å². The van der Waals surface area contributed by atoms with Crippen LogP contribution in [0.2, 0.25) is 0 Å². The lowest BCUT2D eigenvalue weighted by Crippen LogP contribution is -2.22. The third-order valence-electron chi connectivity index (χ3n) is 1.28. The number of carbonyl (C=O) groups is 2. The molecule has 0 aromatic heterocycles. The van der Waals surface area contributed by atoms with Gasteiger partial charge in [0, 0.05) is 5.57 Å². The van der Waals surface area contributed by atoms with Gasteiger partial charge in [-0.1, -0.05) is 19.4 Å². The van der Waals surface area contributed by atoms with Gasteiger partial charge < -0.3 is 0 Å². The first-order valence-electron chi connectivity index (χ1n) is 3.98. The highest BCUT2D eigenvalue weighted by Gasteiger charge is 2.02. The quantitative estimate of drug-likeness (QED) is 0.507. The highest BCUT2D eigenvalue weighted by atomic mass is 16.2. The van der Waals surface area contributed by atoms with Crippen molar-refractivity contribution in [1.82, 2.24) is 5.32 Å². The Morgan fingerprint density at radius 2 is 1.58 bits per heavy atom. The van der Waals surface area contributed by atoms with Crippen LogP contribution in [0.5, 0.6) is 0 Å². The first kappa shape index (κ1) is 13.5. The fraction of sp³-hybridized carbons (Fsp3) is 0.556. The number of hydrogen-bond donors (Lipinski definition) is 1. The van der Waals surface area contributed by atoms with Crippen LogP contribution in [-0.4, -0.2) is 12.3 Å². The van der Waals surface area contributed by atoms with E-state index in [4.69, 9.17) is 0 Å². The predicted octanol–water partition coefficient (Wildman–Crippen LogP) is 1.64. The molecule has 3 nitrogen and oxygen atoms in total. The van der Waals surface area contributed by atoms with Gasteiger partial charge in [0.25, 0.3) is 5.91 Å². The molecule has 0 aromatic rings. The molecule has 0 aliphatic heterocycles. The number of amides is 2. The molecule has 0 atom stereocenters. The van der Waals surface area contributed by atoms with Crippen LogP contribution >= 0.6 is 0 Å². The molecule has 70 valence electrons. The average Bonchev–Trinajstić information content (AvgIpc) is 2.07. The van der Waals surface area contributed by atoms with Gasteiger partial charge in [-0.3, -0.25) is 14.9 Å². The minimum absolute atomic E-state index is 0.324. The van der Waals surface area contributed by atoms with Gasteiger partial charge in [0.1, 0.15) is 0 Å². The SMILES string of the molecule is CC.CC(C)=C(C)C(=O)NC=O. The van der Waals surface area contributed by atoms with Crippen LogP contribution in [-0.2, 0) is 9.59 Å². The summed E-state index contributed by atoms with van der Waals surface area (Å²) in [7, 11) is 0. The van der Waals surface area contributed by atoms with Crippen molar-refractivity contribution in [1.29, 1.82) is 0 Å². The fourth-order valence-electron chi connectivity index (χ4n) is 0.389. The van der Waals surface area contributed by atoms with Crippen LogP contribution < -0.4 is 5.32 Å². The molecule has 0 fully saturated rings. The molecular formula is C9H17NO2. The van der Waals surface area contributed by atoms with Crippen molar-refractivity contribution < 1.29 is 9.59 Å². The monoisotopic (exact) mass is 171 g/mol. The van der Waals surface area contributed by atoms with Crippen LogP contribution in [0.25, 0.3) is 0 Å². The number of hydrogen-bond acceptors (Lipinski definition) is 2. The van der Waals surface area contributed by atoms with Crippen LogP contribution in [0.3, 0.4) is 0 Å². The van der Waals surface area contributed by atoms with Crippen molar-refractivity contribution in [3.8, 4) is 0 Å². The van der Waals surface area contributed by atoms with Gasteiger partial charge in [-0.25, -0.2) is 0 Å². The zero-order chi connectivity index (χ0) is 10.1. The highest BCUT2D eigenvalue weighted by molar-refractivity contribution is 5.99. The first-order valence-corrected chi connectivity index (χ1v) is 3.98. The number of imide groups is 1. The zero-order valence-electron chi connectivity index (χ0n) is 8.39. The smallest absolute Gasteiger partial charge is 0.253 e. The molecule has 0 rings (SSSR count). The topological polar surface area (TPSA) is 46.2 Å². The van der Waals surface area contributed by atoms with E-state index in [-0.39, 0.29) is 5.91 Å². The van der Waals surface area contributed by atoms with E-state index in [0.29, 0.717) is 12.0 Å². The Hall–Kier alpha value is -1.12. The molecule has 0 unspecified atom stereocenters. The standard InChI is InChI=1S/C7H11NO2.C2H6/c1-5(2)6(3)7(10)8-4-9;1-2/h4H,1-3H3,(H,8,9,10);1-2H3. The first-order chi connectivity index (χ1) is 5.59. The Kier molecular flexibility index (Phi) is 8.96. The fourth-order valence-corrected chi connectivity index (χ4v) is 0.389. The van der Waals surface area contributed by atoms with E-state index in [2.05, 4.69) is 0 Å². The number of carbonyl (C=O) groups excluding carboxylic acids is 2. The third-order valence-corrected chi connectivity index (χ3v) is 1.28. The molecule has 1 N–H and O–H groups in total. The van der Waals surface area contributed by atoms with Crippen molar-refractivity contribution in [2.75, 3.05) is 0 Å². The summed E-state index contributed by atoms with van der Waals surface area (Å²) in [6.07, 6.45) is 0.384. The second-order valence-electron chi connectivity index (χ2n) is 2.22. The highest BCUT2D eigenvalue weighted by Crippen LogP contribution is 2.00. The molecule has 0 bridgehead atoms. The van der Waals surface area contributed by atoms with Crippen LogP contribution in [0, 0.1) is 0 Å². The van der Waals surface area contributed by atoms with Gasteiger partial charge in [0.15, 0.2) is 0 Å². The lowest BCUT2D eigenvalue weighted by Gasteiger charge is -1.98. The lowest BCUT2D eigenvalue weighted by atomic mass is 10.2. The summed E-state index contributed by atoms with van der Waals surface area (Å²) in [6, 6.07) is 0. The predicted molar refractivity (Wildman–Crippen MR) is 49.6 cm³/mol. The maximum Gasteiger partial charge on any atom is 0.253 e. The van der Waals surface area contributed by atoms with Crippen molar-refractivity contribution in [3.63, 3.8) is 0 Å². The number of nitrogens with one attached hydrogen (secondary N) is 1. The summed E-state index contributed by atoms with van der Waals surface area (Å²) >= 11 is 0. The molecular weight excluding hydrogens is 154 g/mol. The minimum atomic E-state index is -0.324. The molecule has 0 aliphatic rings. The molecule has 3 heteroatoms. The largest absolute Gasteiger partial charge is 0.295 e. The summed E-state index contributed by atoms with van der Waals surface area (Å²) in [5.74, 6) is -0.324. The Morgan fingerprint density at radius 3 is 1.83 bits per heavy atom. The van der Waals surface area contributed by atoms with Crippen LogP contribution in [0.15, 0.2) is 11.1 Å².